The van der Waals surface area contributed by atoms with Gasteiger partial charge in [-0.3, -0.25) is 0 Å². The second-order valence-electron chi connectivity index (χ2n) is 5.12. The highest BCUT2D eigenvalue weighted by molar-refractivity contribution is 5.31. The normalized spacial score (nSPS) is 18.0. The van der Waals surface area contributed by atoms with Crippen molar-refractivity contribution in [2.75, 3.05) is 33.5 Å². The quantitative estimate of drug-likeness (QED) is 0.801. The van der Waals surface area contributed by atoms with Gasteiger partial charge in [-0.2, -0.15) is 0 Å². The summed E-state index contributed by atoms with van der Waals surface area (Å²) in [7, 11) is 1.66. The highest BCUT2D eigenvalue weighted by Crippen LogP contribution is 2.19. The van der Waals surface area contributed by atoms with Crippen LogP contribution in [-0.4, -0.2) is 39.0 Å². The van der Waals surface area contributed by atoms with Crippen molar-refractivity contribution in [1.82, 2.24) is 5.32 Å². The highest BCUT2D eigenvalue weighted by atomic mass is 16.5. The van der Waals surface area contributed by atoms with Crippen molar-refractivity contribution in [3.05, 3.63) is 24.3 Å². The lowest BCUT2D eigenvalue weighted by atomic mass is 9.93. The molecule has 0 atom stereocenters. The lowest BCUT2D eigenvalue weighted by Gasteiger charge is -2.34. The van der Waals surface area contributed by atoms with Gasteiger partial charge in [0.1, 0.15) is 18.1 Å². The molecule has 0 bridgehead atoms. The van der Waals surface area contributed by atoms with Crippen LogP contribution in [0.15, 0.2) is 24.3 Å². The average Bonchev–Trinajstić information content (AvgIpc) is 2.45. The molecule has 1 aliphatic heterocycles. The maximum absolute atomic E-state index is 5.69. The molecule has 1 aliphatic rings. The van der Waals surface area contributed by atoms with E-state index in [9.17, 15) is 0 Å². The number of ether oxygens (including phenoxy) is 3. The molecular formula is C15H23NO3. The third-order valence-electron chi connectivity index (χ3n) is 3.58. The predicted molar refractivity (Wildman–Crippen MR) is 74.9 cm³/mol. The number of hydrogen-bond donors (Lipinski definition) is 1. The second kappa shape index (κ2) is 6.78. The van der Waals surface area contributed by atoms with E-state index in [4.69, 9.17) is 14.2 Å². The number of benzene rings is 1. The molecule has 0 aromatic heterocycles. The van der Waals surface area contributed by atoms with Gasteiger partial charge in [0.15, 0.2) is 0 Å². The Bertz CT molecular complexity index is 371. The minimum absolute atomic E-state index is 0.196. The molecule has 4 heteroatoms. The lowest BCUT2D eigenvalue weighted by molar-refractivity contribution is 0.0440. The number of methoxy groups -OCH3 is 1. The molecule has 19 heavy (non-hydrogen) atoms. The molecule has 0 unspecified atom stereocenters. The van der Waals surface area contributed by atoms with Crippen LogP contribution < -0.4 is 14.8 Å². The van der Waals surface area contributed by atoms with Crippen LogP contribution in [0.1, 0.15) is 19.8 Å². The molecule has 2 rings (SSSR count). The van der Waals surface area contributed by atoms with Crippen molar-refractivity contribution < 1.29 is 14.2 Å². The summed E-state index contributed by atoms with van der Waals surface area (Å²) in [4.78, 5) is 0. The first kappa shape index (κ1) is 14.2. The Labute approximate surface area is 115 Å². The first-order valence-corrected chi connectivity index (χ1v) is 6.81. The maximum Gasteiger partial charge on any atom is 0.119 e. The second-order valence-corrected chi connectivity index (χ2v) is 5.12. The minimum Gasteiger partial charge on any atom is -0.497 e. The van der Waals surface area contributed by atoms with Crippen molar-refractivity contribution in [2.45, 2.75) is 25.3 Å². The first-order chi connectivity index (χ1) is 9.22. The van der Waals surface area contributed by atoms with Crippen LogP contribution in [0, 0.1) is 0 Å². The molecule has 4 nitrogen and oxygen atoms in total. The van der Waals surface area contributed by atoms with E-state index >= 15 is 0 Å². The van der Waals surface area contributed by atoms with Crippen LogP contribution >= 0.6 is 0 Å². The molecule has 1 N–H and O–H groups in total. The summed E-state index contributed by atoms with van der Waals surface area (Å²) >= 11 is 0. The summed E-state index contributed by atoms with van der Waals surface area (Å²) < 4.78 is 16.2. The van der Waals surface area contributed by atoms with Crippen LogP contribution in [0.2, 0.25) is 0 Å². The summed E-state index contributed by atoms with van der Waals surface area (Å²) in [5, 5.41) is 3.56. The summed E-state index contributed by atoms with van der Waals surface area (Å²) in [5.74, 6) is 1.72. The van der Waals surface area contributed by atoms with Crippen LogP contribution in [0.4, 0.5) is 0 Å². The summed E-state index contributed by atoms with van der Waals surface area (Å²) in [6, 6.07) is 7.66. The Morgan fingerprint density at radius 1 is 1.16 bits per heavy atom. The number of rotatable bonds is 6. The van der Waals surface area contributed by atoms with Crippen molar-refractivity contribution in [1.29, 1.82) is 0 Å². The standard InChI is InChI=1S/C15H23NO3/c1-15(7-10-18-11-8-15)16-9-12-19-14-5-3-13(17-2)4-6-14/h3-6,16H,7-12H2,1-2H3. The molecule has 106 valence electrons. The Hall–Kier alpha value is -1.26. The van der Waals surface area contributed by atoms with Crippen LogP contribution in [0.3, 0.4) is 0 Å². The summed E-state index contributed by atoms with van der Waals surface area (Å²) in [6.45, 7) is 5.47. The zero-order chi connectivity index (χ0) is 13.6. The Morgan fingerprint density at radius 3 is 2.42 bits per heavy atom. The van der Waals surface area contributed by atoms with Gasteiger partial charge in [0, 0.05) is 25.3 Å². The van der Waals surface area contributed by atoms with Crippen LogP contribution in [0.25, 0.3) is 0 Å². The van der Waals surface area contributed by atoms with Crippen molar-refractivity contribution in [3.63, 3.8) is 0 Å². The Balaban J connectivity index is 1.68. The monoisotopic (exact) mass is 265 g/mol. The predicted octanol–water partition coefficient (Wildman–Crippen LogP) is 2.23. The lowest BCUT2D eigenvalue weighted by Crippen LogP contribution is -2.48. The zero-order valence-electron chi connectivity index (χ0n) is 11.8. The molecule has 0 spiro atoms. The Morgan fingerprint density at radius 2 is 1.79 bits per heavy atom. The SMILES string of the molecule is COc1ccc(OCCNC2(C)CCOCC2)cc1. The van der Waals surface area contributed by atoms with Crippen molar-refractivity contribution in [2.24, 2.45) is 0 Å². The van der Waals surface area contributed by atoms with Gasteiger partial charge in [0.05, 0.1) is 7.11 Å². The van der Waals surface area contributed by atoms with Crippen LogP contribution in [-0.2, 0) is 4.74 Å². The third kappa shape index (κ3) is 4.40. The average molecular weight is 265 g/mol. The van der Waals surface area contributed by atoms with E-state index in [0.717, 1.165) is 44.1 Å². The largest absolute Gasteiger partial charge is 0.497 e. The molecule has 0 aliphatic carbocycles. The van der Waals surface area contributed by atoms with E-state index in [0.29, 0.717) is 6.61 Å². The van der Waals surface area contributed by atoms with Gasteiger partial charge in [-0.15, -0.1) is 0 Å². The van der Waals surface area contributed by atoms with Gasteiger partial charge in [0.25, 0.3) is 0 Å². The molecule has 1 aromatic carbocycles. The van der Waals surface area contributed by atoms with E-state index < -0.39 is 0 Å². The van der Waals surface area contributed by atoms with E-state index in [-0.39, 0.29) is 5.54 Å². The first-order valence-electron chi connectivity index (χ1n) is 6.81. The molecule has 0 amide bonds. The molecule has 1 fully saturated rings. The van der Waals surface area contributed by atoms with Gasteiger partial charge in [-0.05, 0) is 44.0 Å². The van der Waals surface area contributed by atoms with Gasteiger partial charge in [-0.1, -0.05) is 0 Å². The fourth-order valence-corrected chi connectivity index (χ4v) is 2.19. The van der Waals surface area contributed by atoms with E-state index in [2.05, 4.69) is 12.2 Å². The summed E-state index contributed by atoms with van der Waals surface area (Å²) in [6.07, 6.45) is 2.13. The van der Waals surface area contributed by atoms with E-state index in [1.54, 1.807) is 7.11 Å². The summed E-state index contributed by atoms with van der Waals surface area (Å²) in [5.41, 5.74) is 0.196. The van der Waals surface area contributed by atoms with Gasteiger partial charge in [0.2, 0.25) is 0 Å². The van der Waals surface area contributed by atoms with Gasteiger partial charge in [-0.25, -0.2) is 0 Å². The smallest absolute Gasteiger partial charge is 0.119 e. The molecular weight excluding hydrogens is 242 g/mol. The van der Waals surface area contributed by atoms with E-state index in [1.807, 2.05) is 24.3 Å². The zero-order valence-corrected chi connectivity index (χ0v) is 11.8. The molecule has 0 saturated carbocycles. The van der Waals surface area contributed by atoms with Gasteiger partial charge >= 0.3 is 0 Å². The van der Waals surface area contributed by atoms with Crippen molar-refractivity contribution in [3.8, 4) is 11.5 Å². The highest BCUT2D eigenvalue weighted by Gasteiger charge is 2.26. The molecule has 0 radical (unpaired) electrons. The third-order valence-corrected chi connectivity index (χ3v) is 3.58. The fourth-order valence-electron chi connectivity index (χ4n) is 2.19. The molecule has 1 saturated heterocycles. The minimum atomic E-state index is 0.196. The Kier molecular flexibility index (Phi) is 5.05. The van der Waals surface area contributed by atoms with Crippen LogP contribution in [0.5, 0.6) is 11.5 Å². The number of nitrogens with one attached hydrogen (secondary N) is 1. The van der Waals surface area contributed by atoms with Crippen molar-refractivity contribution >= 4 is 0 Å². The van der Waals surface area contributed by atoms with E-state index in [1.165, 1.54) is 0 Å². The topological polar surface area (TPSA) is 39.7 Å². The fraction of sp³-hybridized carbons (Fsp3) is 0.600. The molecule has 1 aromatic rings. The van der Waals surface area contributed by atoms with Gasteiger partial charge < -0.3 is 19.5 Å². The number of hydrogen-bond acceptors (Lipinski definition) is 4. The maximum atomic E-state index is 5.69. The molecule has 1 heterocycles.